The number of hydrogen-bond donors (Lipinski definition) is 1. The Morgan fingerprint density at radius 2 is 2.19 bits per heavy atom. The number of hydrogen-bond acceptors (Lipinski definition) is 4. The Morgan fingerprint density at radius 3 is 2.86 bits per heavy atom. The minimum atomic E-state index is -1.11. The molecule has 0 amide bonds. The Hall–Kier alpha value is -2.47. The number of aromatic carboxylic acids is 1. The van der Waals surface area contributed by atoms with E-state index in [1.165, 1.54) is 6.20 Å². The number of halogens is 1. The second kappa shape index (κ2) is 5.14. The first-order valence-corrected chi connectivity index (χ1v) is 6.60. The van der Waals surface area contributed by atoms with E-state index in [9.17, 15) is 4.79 Å². The van der Waals surface area contributed by atoms with Gasteiger partial charge < -0.3 is 5.11 Å². The lowest BCUT2D eigenvalue weighted by atomic mass is 10.2. The highest BCUT2D eigenvalue weighted by Crippen LogP contribution is 2.28. The molecule has 1 N–H and O–H groups in total. The Kier molecular flexibility index (Phi) is 3.31. The molecule has 0 aliphatic rings. The van der Waals surface area contributed by atoms with Crippen LogP contribution in [0.15, 0.2) is 30.6 Å². The van der Waals surface area contributed by atoms with Gasteiger partial charge in [0, 0.05) is 12.4 Å². The summed E-state index contributed by atoms with van der Waals surface area (Å²) < 4.78 is 1.67. The molecule has 0 aliphatic carbocycles. The van der Waals surface area contributed by atoms with Gasteiger partial charge in [-0.2, -0.15) is 5.10 Å². The topological polar surface area (TPSA) is 80.9 Å². The maximum absolute atomic E-state index is 11.1. The average Bonchev–Trinajstić information content (AvgIpc) is 2.77. The van der Waals surface area contributed by atoms with Gasteiger partial charge >= 0.3 is 5.97 Å². The van der Waals surface area contributed by atoms with E-state index in [2.05, 4.69) is 15.1 Å². The molecule has 0 bridgehead atoms. The van der Waals surface area contributed by atoms with Gasteiger partial charge in [-0.25, -0.2) is 14.5 Å². The highest BCUT2D eigenvalue weighted by molar-refractivity contribution is 6.38. The molecule has 106 valence electrons. The van der Waals surface area contributed by atoms with Gasteiger partial charge in [0.1, 0.15) is 0 Å². The molecule has 0 aliphatic heterocycles. The van der Waals surface area contributed by atoms with Crippen LogP contribution in [-0.2, 0) is 6.54 Å². The van der Waals surface area contributed by atoms with E-state index in [0.717, 1.165) is 5.69 Å². The molecular weight excluding hydrogens is 292 g/mol. The minimum Gasteiger partial charge on any atom is -0.478 e. The van der Waals surface area contributed by atoms with E-state index in [1.807, 2.05) is 18.2 Å². The molecule has 0 aromatic carbocycles. The van der Waals surface area contributed by atoms with Gasteiger partial charge in [0.15, 0.2) is 5.65 Å². The third kappa shape index (κ3) is 2.34. The average molecular weight is 303 g/mol. The van der Waals surface area contributed by atoms with Gasteiger partial charge in [0.25, 0.3) is 0 Å². The van der Waals surface area contributed by atoms with Crippen LogP contribution >= 0.6 is 11.6 Å². The Bertz CT molecular complexity index is 830. The van der Waals surface area contributed by atoms with Crippen LogP contribution in [0.2, 0.25) is 5.02 Å². The molecule has 3 aromatic rings. The molecule has 0 radical (unpaired) electrons. The number of carboxylic acid groups (broad SMARTS) is 1. The van der Waals surface area contributed by atoms with Crippen molar-refractivity contribution in [3.05, 3.63) is 52.6 Å². The third-order valence-electron chi connectivity index (χ3n) is 3.14. The standard InChI is InChI=1S/C14H11ClN4O2/c1-8-11-12(15)10(14(20)21)6-17-13(11)19(18-8)7-9-4-2-3-5-16-9/h2-6H,7H2,1H3,(H,20,21). The number of nitrogens with zero attached hydrogens (tertiary/aromatic N) is 4. The quantitative estimate of drug-likeness (QED) is 0.804. The fourth-order valence-electron chi connectivity index (χ4n) is 2.18. The van der Waals surface area contributed by atoms with Crippen molar-refractivity contribution < 1.29 is 9.90 Å². The fraction of sp³-hybridized carbons (Fsp3) is 0.143. The number of rotatable bonds is 3. The van der Waals surface area contributed by atoms with Crippen LogP contribution in [0.25, 0.3) is 11.0 Å². The number of carbonyl (C=O) groups is 1. The number of fused-ring (bicyclic) bond motifs is 1. The largest absolute Gasteiger partial charge is 0.478 e. The summed E-state index contributed by atoms with van der Waals surface area (Å²) >= 11 is 6.17. The lowest BCUT2D eigenvalue weighted by Crippen LogP contribution is -2.05. The zero-order valence-corrected chi connectivity index (χ0v) is 11.9. The number of carboxylic acids is 1. The van der Waals surface area contributed by atoms with Crippen molar-refractivity contribution in [1.82, 2.24) is 19.7 Å². The molecule has 0 saturated heterocycles. The summed E-state index contributed by atoms with van der Waals surface area (Å²) in [5.41, 5.74) is 2.00. The monoisotopic (exact) mass is 302 g/mol. The van der Waals surface area contributed by atoms with Crippen LogP contribution in [0.4, 0.5) is 0 Å². The van der Waals surface area contributed by atoms with E-state index in [-0.39, 0.29) is 10.6 Å². The second-order valence-corrected chi connectivity index (χ2v) is 4.93. The lowest BCUT2D eigenvalue weighted by molar-refractivity contribution is 0.0697. The van der Waals surface area contributed by atoms with Crippen LogP contribution in [0.1, 0.15) is 21.7 Å². The molecule has 3 rings (SSSR count). The van der Waals surface area contributed by atoms with Crippen molar-refractivity contribution in [1.29, 1.82) is 0 Å². The molecular formula is C14H11ClN4O2. The smallest absolute Gasteiger partial charge is 0.338 e. The van der Waals surface area contributed by atoms with Crippen molar-refractivity contribution in [3.63, 3.8) is 0 Å². The minimum absolute atomic E-state index is 0.0235. The Balaban J connectivity index is 2.14. The molecule has 0 spiro atoms. The number of aryl methyl sites for hydroxylation is 1. The zero-order valence-electron chi connectivity index (χ0n) is 11.1. The predicted molar refractivity (Wildman–Crippen MR) is 77.6 cm³/mol. The summed E-state index contributed by atoms with van der Waals surface area (Å²) in [6.45, 7) is 2.22. The van der Waals surface area contributed by atoms with Gasteiger partial charge in [-0.05, 0) is 19.1 Å². The van der Waals surface area contributed by atoms with Crippen LogP contribution in [0.3, 0.4) is 0 Å². The normalized spacial score (nSPS) is 11.0. The molecule has 3 heterocycles. The van der Waals surface area contributed by atoms with Gasteiger partial charge in [0.2, 0.25) is 0 Å². The van der Waals surface area contributed by atoms with Gasteiger partial charge in [-0.3, -0.25) is 4.98 Å². The first-order chi connectivity index (χ1) is 10.1. The van der Waals surface area contributed by atoms with Crippen LogP contribution in [0.5, 0.6) is 0 Å². The second-order valence-electron chi connectivity index (χ2n) is 4.55. The predicted octanol–water partition coefficient (Wildman–Crippen LogP) is 2.53. The number of pyridine rings is 2. The summed E-state index contributed by atoms with van der Waals surface area (Å²) in [4.78, 5) is 19.5. The SMILES string of the molecule is Cc1nn(Cc2ccccn2)c2ncc(C(=O)O)c(Cl)c12. The van der Waals surface area contributed by atoms with Crippen molar-refractivity contribution in [2.75, 3.05) is 0 Å². The summed E-state index contributed by atoms with van der Waals surface area (Å²) in [5.74, 6) is -1.11. The fourth-order valence-corrected chi connectivity index (χ4v) is 2.53. The van der Waals surface area contributed by atoms with Crippen molar-refractivity contribution in [3.8, 4) is 0 Å². The molecule has 0 unspecified atom stereocenters. The maximum atomic E-state index is 11.1. The van der Waals surface area contributed by atoms with Crippen molar-refractivity contribution >= 4 is 28.6 Å². The van der Waals surface area contributed by atoms with E-state index in [0.29, 0.717) is 23.3 Å². The van der Waals surface area contributed by atoms with Crippen LogP contribution in [-0.4, -0.2) is 30.8 Å². The molecule has 6 nitrogen and oxygen atoms in total. The van der Waals surface area contributed by atoms with E-state index < -0.39 is 5.97 Å². The first kappa shape index (κ1) is 13.5. The number of aromatic nitrogens is 4. The molecule has 7 heteroatoms. The molecule has 0 saturated carbocycles. The molecule has 21 heavy (non-hydrogen) atoms. The molecule has 0 fully saturated rings. The van der Waals surface area contributed by atoms with Gasteiger partial charge in [-0.1, -0.05) is 17.7 Å². The Labute approximate surface area is 125 Å². The van der Waals surface area contributed by atoms with Gasteiger partial charge in [0.05, 0.1) is 33.9 Å². The van der Waals surface area contributed by atoms with E-state index >= 15 is 0 Å². The van der Waals surface area contributed by atoms with Crippen molar-refractivity contribution in [2.24, 2.45) is 0 Å². The summed E-state index contributed by atoms with van der Waals surface area (Å²) in [6, 6.07) is 5.62. The van der Waals surface area contributed by atoms with Crippen LogP contribution < -0.4 is 0 Å². The zero-order chi connectivity index (χ0) is 15.0. The van der Waals surface area contributed by atoms with Crippen LogP contribution in [0, 0.1) is 6.92 Å². The van der Waals surface area contributed by atoms with E-state index in [4.69, 9.17) is 16.7 Å². The summed E-state index contributed by atoms with van der Waals surface area (Å²) in [6.07, 6.45) is 2.96. The summed E-state index contributed by atoms with van der Waals surface area (Å²) in [5, 5.41) is 14.2. The first-order valence-electron chi connectivity index (χ1n) is 6.22. The highest BCUT2D eigenvalue weighted by atomic mass is 35.5. The van der Waals surface area contributed by atoms with Gasteiger partial charge in [-0.15, -0.1) is 0 Å². The Morgan fingerprint density at radius 1 is 1.38 bits per heavy atom. The maximum Gasteiger partial charge on any atom is 0.338 e. The van der Waals surface area contributed by atoms with E-state index in [1.54, 1.807) is 17.8 Å². The molecule has 3 aromatic heterocycles. The third-order valence-corrected chi connectivity index (χ3v) is 3.53. The van der Waals surface area contributed by atoms with Crippen molar-refractivity contribution in [2.45, 2.75) is 13.5 Å². The molecule has 0 atom stereocenters. The summed E-state index contributed by atoms with van der Waals surface area (Å²) in [7, 11) is 0. The lowest BCUT2D eigenvalue weighted by Gasteiger charge is -2.03. The highest BCUT2D eigenvalue weighted by Gasteiger charge is 2.18.